The predicted octanol–water partition coefficient (Wildman–Crippen LogP) is 2.51. The number of hydrogen-bond donors (Lipinski definition) is 2. The molecule has 0 spiro atoms. The molecule has 2 N–H and O–H groups in total. The Balaban J connectivity index is 2.04. The lowest BCUT2D eigenvalue weighted by Gasteiger charge is -2.12. The molecule has 90 valence electrons. The normalized spacial score (nSPS) is 16.3. The summed E-state index contributed by atoms with van der Waals surface area (Å²) in [5.74, 6) is -0.918. The van der Waals surface area contributed by atoms with Crippen molar-refractivity contribution in [2.75, 3.05) is 5.32 Å². The molecule has 1 fully saturated rings. The second-order valence-electron chi connectivity index (χ2n) is 4.47. The van der Waals surface area contributed by atoms with Crippen LogP contribution in [0.4, 0.5) is 5.69 Å². The fourth-order valence-corrected chi connectivity index (χ4v) is 1.85. The van der Waals surface area contributed by atoms with Crippen molar-refractivity contribution in [1.82, 2.24) is 0 Å². The maximum atomic E-state index is 11.9. The lowest BCUT2D eigenvalue weighted by atomic mass is 10.0. The van der Waals surface area contributed by atoms with Crippen LogP contribution in [0.1, 0.15) is 36.5 Å². The molecule has 1 aliphatic carbocycles. The minimum Gasteiger partial charge on any atom is -0.478 e. The summed E-state index contributed by atoms with van der Waals surface area (Å²) in [7, 11) is 0. The van der Waals surface area contributed by atoms with Crippen LogP contribution in [0.5, 0.6) is 0 Å². The van der Waals surface area contributed by atoms with Gasteiger partial charge in [-0.05, 0) is 43.5 Å². The first-order chi connectivity index (χ1) is 8.07. The van der Waals surface area contributed by atoms with Crippen LogP contribution in [0.3, 0.4) is 0 Å². The van der Waals surface area contributed by atoms with E-state index >= 15 is 0 Å². The summed E-state index contributed by atoms with van der Waals surface area (Å²) in [6.45, 7) is 2.01. The molecule has 1 amide bonds. The van der Waals surface area contributed by atoms with E-state index in [2.05, 4.69) is 5.32 Å². The molecule has 1 aromatic carbocycles. The molecule has 0 aliphatic heterocycles. The lowest BCUT2D eigenvalue weighted by Crippen LogP contribution is -2.23. The second-order valence-corrected chi connectivity index (χ2v) is 4.47. The van der Waals surface area contributed by atoms with Crippen LogP contribution in [0.25, 0.3) is 0 Å². The fourth-order valence-electron chi connectivity index (χ4n) is 1.85. The van der Waals surface area contributed by atoms with Crippen molar-refractivity contribution in [2.45, 2.75) is 26.2 Å². The molecule has 4 heteroatoms. The highest BCUT2D eigenvalue weighted by atomic mass is 16.4. The van der Waals surface area contributed by atoms with Crippen molar-refractivity contribution < 1.29 is 14.7 Å². The molecular weight excluding hydrogens is 218 g/mol. The van der Waals surface area contributed by atoms with Crippen molar-refractivity contribution in [3.8, 4) is 0 Å². The third-order valence-corrected chi connectivity index (χ3v) is 3.40. The summed E-state index contributed by atoms with van der Waals surface area (Å²) in [5, 5.41) is 11.6. The summed E-state index contributed by atoms with van der Waals surface area (Å²) in [4.78, 5) is 22.6. The first kappa shape index (κ1) is 11.6. The Bertz CT molecular complexity index is 446. The summed E-state index contributed by atoms with van der Waals surface area (Å²) < 4.78 is 0. The first-order valence-electron chi connectivity index (χ1n) is 5.72. The van der Waals surface area contributed by atoms with E-state index in [1.165, 1.54) is 12.1 Å². The van der Waals surface area contributed by atoms with Gasteiger partial charge >= 0.3 is 5.97 Å². The molecule has 4 nitrogen and oxygen atoms in total. The Labute approximate surface area is 99.6 Å². The molecule has 0 atom stereocenters. The molecule has 1 aromatic rings. The third kappa shape index (κ3) is 2.30. The van der Waals surface area contributed by atoms with Gasteiger partial charge in [-0.3, -0.25) is 4.79 Å². The van der Waals surface area contributed by atoms with Gasteiger partial charge in [0.1, 0.15) is 0 Å². The Hall–Kier alpha value is -1.84. The number of aromatic carboxylic acids is 1. The third-order valence-electron chi connectivity index (χ3n) is 3.40. The predicted molar refractivity (Wildman–Crippen MR) is 64.0 cm³/mol. The molecule has 0 saturated heterocycles. The summed E-state index contributed by atoms with van der Waals surface area (Å²) in [6.07, 6.45) is 2.75. The summed E-state index contributed by atoms with van der Waals surface area (Å²) >= 11 is 0. The highest BCUT2D eigenvalue weighted by Crippen LogP contribution is 2.49. The van der Waals surface area contributed by atoms with Crippen molar-refractivity contribution in [3.05, 3.63) is 29.8 Å². The Morgan fingerprint density at radius 3 is 2.29 bits per heavy atom. The molecule has 0 radical (unpaired) electrons. The van der Waals surface area contributed by atoms with Crippen LogP contribution < -0.4 is 5.32 Å². The van der Waals surface area contributed by atoms with E-state index in [1.807, 2.05) is 6.92 Å². The standard InChI is InChI=1S/C13H15NO3/c1-2-13(7-8-13)12(17)14-10-5-3-9(4-6-10)11(15)16/h3-6H,2,7-8H2,1H3,(H,14,17)(H,15,16). The molecule has 1 aliphatic rings. The van der Waals surface area contributed by atoms with Gasteiger partial charge in [0.05, 0.1) is 5.56 Å². The Kier molecular flexibility index (Phi) is 2.88. The number of carboxylic acids is 1. The van der Waals surface area contributed by atoms with Gasteiger partial charge in [-0.2, -0.15) is 0 Å². The Morgan fingerprint density at radius 2 is 1.88 bits per heavy atom. The lowest BCUT2D eigenvalue weighted by molar-refractivity contribution is -0.121. The number of carboxylic acid groups (broad SMARTS) is 1. The quantitative estimate of drug-likeness (QED) is 0.839. The molecular formula is C13H15NO3. The second kappa shape index (κ2) is 4.20. The minimum absolute atomic E-state index is 0.0445. The molecule has 1 saturated carbocycles. The van der Waals surface area contributed by atoms with Crippen molar-refractivity contribution in [1.29, 1.82) is 0 Å². The number of rotatable bonds is 4. The number of carbonyl (C=O) groups excluding carboxylic acids is 1. The van der Waals surface area contributed by atoms with E-state index in [4.69, 9.17) is 5.11 Å². The maximum Gasteiger partial charge on any atom is 0.335 e. The van der Waals surface area contributed by atoms with E-state index in [1.54, 1.807) is 12.1 Å². The van der Waals surface area contributed by atoms with Crippen molar-refractivity contribution >= 4 is 17.6 Å². The van der Waals surface area contributed by atoms with Gasteiger partial charge in [0, 0.05) is 11.1 Å². The van der Waals surface area contributed by atoms with Gasteiger partial charge in [0.25, 0.3) is 0 Å². The summed E-state index contributed by atoms with van der Waals surface area (Å²) in [5.41, 5.74) is 0.699. The number of amides is 1. The maximum absolute atomic E-state index is 11.9. The van der Waals surface area contributed by atoms with E-state index < -0.39 is 5.97 Å². The SMILES string of the molecule is CCC1(C(=O)Nc2ccc(C(=O)O)cc2)CC1. The van der Waals surface area contributed by atoms with E-state index in [9.17, 15) is 9.59 Å². The number of nitrogens with one attached hydrogen (secondary N) is 1. The number of hydrogen-bond acceptors (Lipinski definition) is 2. The molecule has 0 aromatic heterocycles. The molecule has 0 heterocycles. The van der Waals surface area contributed by atoms with Crippen LogP contribution in [-0.4, -0.2) is 17.0 Å². The van der Waals surface area contributed by atoms with E-state index in [-0.39, 0.29) is 16.9 Å². The number of benzene rings is 1. The monoisotopic (exact) mass is 233 g/mol. The van der Waals surface area contributed by atoms with Gasteiger partial charge in [-0.1, -0.05) is 6.92 Å². The minimum atomic E-state index is -0.963. The molecule has 0 bridgehead atoms. The van der Waals surface area contributed by atoms with Crippen LogP contribution in [0.15, 0.2) is 24.3 Å². The molecule has 2 rings (SSSR count). The van der Waals surface area contributed by atoms with Gasteiger partial charge < -0.3 is 10.4 Å². The molecule has 0 unspecified atom stereocenters. The zero-order valence-electron chi connectivity index (χ0n) is 9.69. The van der Waals surface area contributed by atoms with Gasteiger partial charge in [-0.15, -0.1) is 0 Å². The van der Waals surface area contributed by atoms with Crippen LogP contribution >= 0.6 is 0 Å². The van der Waals surface area contributed by atoms with E-state index in [0.717, 1.165) is 19.3 Å². The largest absolute Gasteiger partial charge is 0.478 e. The summed E-state index contributed by atoms with van der Waals surface area (Å²) in [6, 6.07) is 6.22. The average Bonchev–Trinajstić information content (AvgIpc) is 3.10. The fraction of sp³-hybridized carbons (Fsp3) is 0.385. The smallest absolute Gasteiger partial charge is 0.335 e. The topological polar surface area (TPSA) is 66.4 Å². The number of anilines is 1. The zero-order valence-corrected chi connectivity index (χ0v) is 9.69. The van der Waals surface area contributed by atoms with E-state index in [0.29, 0.717) is 5.69 Å². The zero-order chi connectivity index (χ0) is 12.5. The van der Waals surface area contributed by atoms with Gasteiger partial charge in [0.15, 0.2) is 0 Å². The van der Waals surface area contributed by atoms with Crippen LogP contribution in [0, 0.1) is 5.41 Å². The van der Waals surface area contributed by atoms with Gasteiger partial charge in [-0.25, -0.2) is 4.79 Å². The van der Waals surface area contributed by atoms with Crippen molar-refractivity contribution in [2.24, 2.45) is 5.41 Å². The first-order valence-corrected chi connectivity index (χ1v) is 5.72. The number of carbonyl (C=O) groups is 2. The van der Waals surface area contributed by atoms with Crippen LogP contribution in [0.2, 0.25) is 0 Å². The van der Waals surface area contributed by atoms with Crippen molar-refractivity contribution in [3.63, 3.8) is 0 Å². The van der Waals surface area contributed by atoms with Crippen LogP contribution in [-0.2, 0) is 4.79 Å². The highest BCUT2D eigenvalue weighted by molar-refractivity contribution is 5.97. The van der Waals surface area contributed by atoms with Gasteiger partial charge in [0.2, 0.25) is 5.91 Å². The highest BCUT2D eigenvalue weighted by Gasteiger charge is 2.47. The molecule has 17 heavy (non-hydrogen) atoms. The Morgan fingerprint density at radius 1 is 1.29 bits per heavy atom. The average molecular weight is 233 g/mol.